The highest BCUT2D eigenvalue weighted by molar-refractivity contribution is 7.16. The summed E-state index contributed by atoms with van der Waals surface area (Å²) in [6.45, 7) is 0.278. The van der Waals surface area contributed by atoms with Crippen LogP contribution in [0.3, 0.4) is 0 Å². The van der Waals surface area contributed by atoms with Gasteiger partial charge in [0.05, 0.1) is 17.4 Å². The zero-order valence-electron chi connectivity index (χ0n) is 13.6. The van der Waals surface area contributed by atoms with Crippen LogP contribution in [-0.2, 0) is 11.3 Å². The summed E-state index contributed by atoms with van der Waals surface area (Å²) >= 11 is 2.80. The van der Waals surface area contributed by atoms with Crippen molar-refractivity contribution in [2.45, 2.75) is 13.0 Å². The molecule has 1 amide bonds. The Bertz CT molecular complexity index is 1110. The SMILES string of the molecule is O=C(CCn1cnc2sccc2c1=O)Nc1nc(-c2ccccc2)cs1. The van der Waals surface area contributed by atoms with Crippen LogP contribution in [0.4, 0.5) is 5.13 Å². The maximum Gasteiger partial charge on any atom is 0.262 e. The fourth-order valence-corrected chi connectivity index (χ4v) is 3.99. The monoisotopic (exact) mass is 382 g/mol. The first-order chi connectivity index (χ1) is 12.7. The highest BCUT2D eigenvalue weighted by Crippen LogP contribution is 2.24. The number of rotatable bonds is 5. The van der Waals surface area contributed by atoms with Crippen LogP contribution in [-0.4, -0.2) is 20.4 Å². The molecule has 0 radical (unpaired) electrons. The lowest BCUT2D eigenvalue weighted by molar-refractivity contribution is -0.116. The molecule has 0 bridgehead atoms. The van der Waals surface area contributed by atoms with Gasteiger partial charge in [0, 0.05) is 23.9 Å². The standard InChI is InChI=1S/C18H14N4O2S2/c23-15(6-8-22-11-19-16-13(17(22)24)7-9-25-16)21-18-20-14(10-26-18)12-4-2-1-3-5-12/h1-5,7,9-11H,6,8H2,(H,20,21,23). The molecule has 0 atom stereocenters. The molecule has 0 fully saturated rings. The molecule has 0 aliphatic heterocycles. The minimum atomic E-state index is -0.184. The molecule has 4 rings (SSSR count). The van der Waals surface area contributed by atoms with Gasteiger partial charge in [0.2, 0.25) is 5.91 Å². The van der Waals surface area contributed by atoms with E-state index in [2.05, 4.69) is 15.3 Å². The third kappa shape index (κ3) is 3.42. The summed E-state index contributed by atoms with van der Waals surface area (Å²) in [4.78, 5) is 33.9. The van der Waals surface area contributed by atoms with E-state index < -0.39 is 0 Å². The summed E-state index contributed by atoms with van der Waals surface area (Å²) in [6.07, 6.45) is 1.67. The quantitative estimate of drug-likeness (QED) is 0.572. The second kappa shape index (κ2) is 7.19. The van der Waals surface area contributed by atoms with Crippen LogP contribution >= 0.6 is 22.7 Å². The molecular formula is C18H14N4O2S2. The number of fused-ring (bicyclic) bond motifs is 1. The molecule has 1 N–H and O–H groups in total. The molecule has 0 aliphatic carbocycles. The molecule has 0 saturated carbocycles. The zero-order chi connectivity index (χ0) is 17.9. The van der Waals surface area contributed by atoms with Gasteiger partial charge in [-0.05, 0) is 11.4 Å². The highest BCUT2D eigenvalue weighted by atomic mass is 32.1. The number of aromatic nitrogens is 3. The van der Waals surface area contributed by atoms with Crippen molar-refractivity contribution in [3.05, 3.63) is 63.8 Å². The van der Waals surface area contributed by atoms with Crippen LogP contribution in [0.5, 0.6) is 0 Å². The lowest BCUT2D eigenvalue weighted by Crippen LogP contribution is -2.23. The molecule has 3 aromatic heterocycles. The van der Waals surface area contributed by atoms with Crippen molar-refractivity contribution in [2.24, 2.45) is 0 Å². The van der Waals surface area contributed by atoms with Gasteiger partial charge >= 0.3 is 0 Å². The summed E-state index contributed by atoms with van der Waals surface area (Å²) in [7, 11) is 0. The van der Waals surface area contributed by atoms with E-state index in [1.165, 1.54) is 33.6 Å². The molecule has 26 heavy (non-hydrogen) atoms. The molecule has 0 saturated heterocycles. The number of nitrogens with one attached hydrogen (secondary N) is 1. The van der Waals surface area contributed by atoms with Crippen molar-refractivity contribution < 1.29 is 4.79 Å². The van der Waals surface area contributed by atoms with Gasteiger partial charge in [0.1, 0.15) is 4.83 Å². The molecule has 3 heterocycles. The van der Waals surface area contributed by atoms with Crippen molar-refractivity contribution in [2.75, 3.05) is 5.32 Å². The minimum absolute atomic E-state index is 0.121. The Hall–Kier alpha value is -2.84. The van der Waals surface area contributed by atoms with Crippen molar-refractivity contribution in [3.8, 4) is 11.3 Å². The van der Waals surface area contributed by atoms with Crippen molar-refractivity contribution in [1.82, 2.24) is 14.5 Å². The molecule has 0 aliphatic rings. The van der Waals surface area contributed by atoms with Gasteiger partial charge in [-0.3, -0.25) is 14.2 Å². The summed E-state index contributed by atoms with van der Waals surface area (Å²) in [5.41, 5.74) is 1.71. The van der Waals surface area contributed by atoms with E-state index in [1.807, 2.05) is 41.1 Å². The molecule has 4 aromatic rings. The van der Waals surface area contributed by atoms with Crippen LogP contribution in [0.25, 0.3) is 21.5 Å². The normalized spacial score (nSPS) is 10.9. The number of thiazole rings is 1. The van der Waals surface area contributed by atoms with Gasteiger partial charge in [0.15, 0.2) is 5.13 Å². The van der Waals surface area contributed by atoms with E-state index in [0.717, 1.165) is 11.3 Å². The summed E-state index contributed by atoms with van der Waals surface area (Å²) in [6, 6.07) is 11.5. The maximum atomic E-state index is 12.3. The molecule has 0 unspecified atom stereocenters. The lowest BCUT2D eigenvalue weighted by atomic mass is 10.2. The van der Waals surface area contributed by atoms with E-state index in [4.69, 9.17) is 0 Å². The largest absolute Gasteiger partial charge is 0.302 e. The molecule has 1 aromatic carbocycles. The molecular weight excluding hydrogens is 368 g/mol. The number of carbonyl (C=O) groups excluding carboxylic acids is 1. The zero-order valence-corrected chi connectivity index (χ0v) is 15.2. The van der Waals surface area contributed by atoms with Gasteiger partial charge in [0.25, 0.3) is 5.56 Å². The second-order valence-electron chi connectivity index (χ2n) is 5.58. The third-order valence-electron chi connectivity index (χ3n) is 3.85. The number of thiophene rings is 1. The number of aryl methyl sites for hydroxylation is 1. The van der Waals surface area contributed by atoms with E-state index in [1.54, 1.807) is 6.07 Å². The topological polar surface area (TPSA) is 76.9 Å². The van der Waals surface area contributed by atoms with Crippen LogP contribution in [0.15, 0.2) is 58.3 Å². The molecule has 130 valence electrons. The predicted octanol–water partition coefficient (Wildman–Crippen LogP) is 3.61. The van der Waals surface area contributed by atoms with Crippen LogP contribution in [0, 0.1) is 0 Å². The Morgan fingerprint density at radius 3 is 2.85 bits per heavy atom. The molecule has 8 heteroatoms. The van der Waals surface area contributed by atoms with Crippen molar-refractivity contribution in [1.29, 1.82) is 0 Å². The predicted molar refractivity (Wildman–Crippen MR) is 105 cm³/mol. The number of hydrogen-bond donors (Lipinski definition) is 1. The van der Waals surface area contributed by atoms with Gasteiger partial charge in [-0.15, -0.1) is 22.7 Å². The minimum Gasteiger partial charge on any atom is -0.302 e. The van der Waals surface area contributed by atoms with E-state index >= 15 is 0 Å². The van der Waals surface area contributed by atoms with Gasteiger partial charge in [-0.1, -0.05) is 30.3 Å². The Labute approximate surface area is 156 Å². The molecule has 0 spiro atoms. The van der Waals surface area contributed by atoms with Gasteiger partial charge in [-0.25, -0.2) is 9.97 Å². The van der Waals surface area contributed by atoms with E-state index in [0.29, 0.717) is 15.3 Å². The maximum absolute atomic E-state index is 12.3. The first-order valence-corrected chi connectivity index (χ1v) is 9.70. The second-order valence-corrected chi connectivity index (χ2v) is 7.34. The average molecular weight is 382 g/mol. The Morgan fingerprint density at radius 1 is 1.15 bits per heavy atom. The van der Waals surface area contributed by atoms with Gasteiger partial charge in [-0.2, -0.15) is 0 Å². The number of amides is 1. The van der Waals surface area contributed by atoms with E-state index in [9.17, 15) is 9.59 Å². The summed E-state index contributed by atoms with van der Waals surface area (Å²) in [5, 5.41) is 7.67. The lowest BCUT2D eigenvalue weighted by Gasteiger charge is -2.05. The Morgan fingerprint density at radius 2 is 2.00 bits per heavy atom. The number of hydrogen-bond acceptors (Lipinski definition) is 6. The molecule has 6 nitrogen and oxygen atoms in total. The highest BCUT2D eigenvalue weighted by Gasteiger charge is 2.10. The first-order valence-electron chi connectivity index (χ1n) is 7.94. The Balaban J connectivity index is 1.40. The average Bonchev–Trinajstić information content (AvgIpc) is 3.32. The third-order valence-corrected chi connectivity index (χ3v) is 5.43. The smallest absolute Gasteiger partial charge is 0.262 e. The summed E-state index contributed by atoms with van der Waals surface area (Å²) < 4.78 is 1.46. The van der Waals surface area contributed by atoms with Crippen molar-refractivity contribution >= 4 is 43.9 Å². The van der Waals surface area contributed by atoms with E-state index in [-0.39, 0.29) is 24.4 Å². The fourth-order valence-electron chi connectivity index (χ4n) is 2.53. The number of anilines is 1. The number of benzene rings is 1. The van der Waals surface area contributed by atoms with Crippen LogP contribution in [0.1, 0.15) is 6.42 Å². The number of carbonyl (C=O) groups is 1. The van der Waals surface area contributed by atoms with Gasteiger partial charge < -0.3 is 5.32 Å². The number of nitrogens with zero attached hydrogens (tertiary/aromatic N) is 3. The fraction of sp³-hybridized carbons (Fsp3) is 0.111. The van der Waals surface area contributed by atoms with Crippen LogP contribution in [0.2, 0.25) is 0 Å². The Kier molecular flexibility index (Phi) is 4.59. The van der Waals surface area contributed by atoms with Crippen LogP contribution < -0.4 is 10.9 Å². The first kappa shape index (κ1) is 16.6. The summed E-state index contributed by atoms with van der Waals surface area (Å²) in [5.74, 6) is -0.184. The van der Waals surface area contributed by atoms with Crippen molar-refractivity contribution in [3.63, 3.8) is 0 Å².